The van der Waals surface area contributed by atoms with Crippen molar-refractivity contribution in [3.05, 3.63) is 59.4 Å². The van der Waals surface area contributed by atoms with Gasteiger partial charge in [0.05, 0.1) is 0 Å². The molecule has 0 saturated heterocycles. The maximum absolute atomic E-state index is 13.0. The van der Waals surface area contributed by atoms with Crippen LogP contribution < -0.4 is 4.74 Å². The molecule has 0 N–H and O–H groups in total. The zero-order chi connectivity index (χ0) is 10.3. The third-order valence-electron chi connectivity index (χ3n) is 2.60. The van der Waals surface area contributed by atoms with Gasteiger partial charge in [0.15, 0.2) is 0 Å². The number of hydrogen-bond acceptors (Lipinski definition) is 1. The Morgan fingerprint density at radius 2 is 1.73 bits per heavy atom. The lowest BCUT2D eigenvalue weighted by Crippen LogP contribution is -2.02. The fourth-order valence-electron chi connectivity index (χ4n) is 1.86. The Morgan fingerprint density at radius 1 is 0.933 bits per heavy atom. The SMILES string of the molecule is Fc1ccc2c(c1)Cc1ccccc1O2. The summed E-state index contributed by atoms with van der Waals surface area (Å²) in [4.78, 5) is 0. The molecule has 0 radical (unpaired) electrons. The average Bonchev–Trinajstić information content (AvgIpc) is 2.26. The standard InChI is InChI=1S/C13H9FO/c14-11-5-6-13-10(8-11)7-9-3-1-2-4-12(9)15-13/h1-6,8H,7H2. The molecule has 2 aromatic rings. The van der Waals surface area contributed by atoms with Crippen molar-refractivity contribution >= 4 is 0 Å². The molecule has 1 aliphatic heterocycles. The molecule has 3 rings (SSSR count). The van der Waals surface area contributed by atoms with Gasteiger partial charge in [-0.15, -0.1) is 0 Å². The molecule has 2 aromatic carbocycles. The van der Waals surface area contributed by atoms with E-state index in [1.807, 2.05) is 24.3 Å². The normalized spacial score (nSPS) is 12.6. The van der Waals surface area contributed by atoms with E-state index in [4.69, 9.17) is 4.74 Å². The van der Waals surface area contributed by atoms with Crippen LogP contribution >= 0.6 is 0 Å². The smallest absolute Gasteiger partial charge is 0.131 e. The molecule has 1 heterocycles. The van der Waals surface area contributed by atoms with E-state index in [1.165, 1.54) is 12.1 Å². The van der Waals surface area contributed by atoms with Crippen molar-refractivity contribution in [2.24, 2.45) is 0 Å². The van der Waals surface area contributed by atoms with E-state index < -0.39 is 0 Å². The van der Waals surface area contributed by atoms with Gasteiger partial charge in [-0.05, 0) is 29.8 Å². The van der Waals surface area contributed by atoms with Crippen molar-refractivity contribution in [2.75, 3.05) is 0 Å². The van der Waals surface area contributed by atoms with Gasteiger partial charge in [0.2, 0.25) is 0 Å². The first-order valence-corrected chi connectivity index (χ1v) is 4.87. The van der Waals surface area contributed by atoms with Crippen molar-refractivity contribution in [3.8, 4) is 11.5 Å². The molecular weight excluding hydrogens is 191 g/mol. The van der Waals surface area contributed by atoms with Crippen LogP contribution in [-0.4, -0.2) is 0 Å². The maximum atomic E-state index is 13.0. The van der Waals surface area contributed by atoms with E-state index >= 15 is 0 Å². The summed E-state index contributed by atoms with van der Waals surface area (Å²) < 4.78 is 18.7. The van der Waals surface area contributed by atoms with Crippen LogP contribution in [0.1, 0.15) is 11.1 Å². The average molecular weight is 200 g/mol. The monoisotopic (exact) mass is 200 g/mol. The highest BCUT2D eigenvalue weighted by molar-refractivity contribution is 5.49. The Balaban J connectivity index is 2.11. The molecule has 0 spiro atoms. The van der Waals surface area contributed by atoms with Crippen LogP contribution in [0.2, 0.25) is 0 Å². The van der Waals surface area contributed by atoms with E-state index in [1.54, 1.807) is 6.07 Å². The minimum Gasteiger partial charge on any atom is -0.457 e. The second-order valence-corrected chi connectivity index (χ2v) is 3.64. The molecule has 0 amide bonds. The fraction of sp³-hybridized carbons (Fsp3) is 0.0769. The van der Waals surface area contributed by atoms with Crippen LogP contribution in [0.25, 0.3) is 0 Å². The van der Waals surface area contributed by atoms with Gasteiger partial charge < -0.3 is 4.74 Å². The number of rotatable bonds is 0. The maximum Gasteiger partial charge on any atom is 0.131 e. The molecule has 15 heavy (non-hydrogen) atoms. The van der Waals surface area contributed by atoms with Crippen LogP contribution in [-0.2, 0) is 6.42 Å². The lowest BCUT2D eigenvalue weighted by Gasteiger charge is -2.19. The van der Waals surface area contributed by atoms with Crippen LogP contribution in [0.3, 0.4) is 0 Å². The van der Waals surface area contributed by atoms with Crippen molar-refractivity contribution in [2.45, 2.75) is 6.42 Å². The van der Waals surface area contributed by atoms with Crippen LogP contribution in [0.5, 0.6) is 11.5 Å². The first-order chi connectivity index (χ1) is 7.33. The van der Waals surface area contributed by atoms with E-state index in [2.05, 4.69) is 0 Å². The van der Waals surface area contributed by atoms with Gasteiger partial charge in [0.1, 0.15) is 17.3 Å². The molecule has 0 bridgehead atoms. The first kappa shape index (κ1) is 8.48. The van der Waals surface area contributed by atoms with E-state index in [0.717, 1.165) is 29.0 Å². The number of benzene rings is 2. The second kappa shape index (κ2) is 3.09. The Hall–Kier alpha value is -1.83. The summed E-state index contributed by atoms with van der Waals surface area (Å²) in [7, 11) is 0. The quantitative estimate of drug-likeness (QED) is 0.539. The molecule has 2 heteroatoms. The van der Waals surface area contributed by atoms with Gasteiger partial charge in [-0.1, -0.05) is 18.2 Å². The van der Waals surface area contributed by atoms with Gasteiger partial charge in [-0.3, -0.25) is 0 Å². The molecule has 0 fully saturated rings. The molecule has 0 saturated carbocycles. The highest BCUT2D eigenvalue weighted by Gasteiger charge is 2.16. The lowest BCUT2D eigenvalue weighted by molar-refractivity contribution is 0.457. The summed E-state index contributed by atoms with van der Waals surface area (Å²) in [5, 5.41) is 0. The second-order valence-electron chi connectivity index (χ2n) is 3.64. The molecule has 1 nitrogen and oxygen atoms in total. The summed E-state index contributed by atoms with van der Waals surface area (Å²) >= 11 is 0. The predicted molar refractivity (Wildman–Crippen MR) is 55.7 cm³/mol. The molecule has 0 unspecified atom stereocenters. The van der Waals surface area contributed by atoms with E-state index in [0.29, 0.717) is 0 Å². The summed E-state index contributed by atoms with van der Waals surface area (Å²) in [6.07, 6.45) is 0.739. The minimum absolute atomic E-state index is 0.211. The summed E-state index contributed by atoms with van der Waals surface area (Å²) in [5.74, 6) is 1.42. The molecule has 0 atom stereocenters. The zero-order valence-electron chi connectivity index (χ0n) is 8.03. The van der Waals surface area contributed by atoms with Gasteiger partial charge in [-0.2, -0.15) is 0 Å². The van der Waals surface area contributed by atoms with E-state index in [9.17, 15) is 4.39 Å². The highest BCUT2D eigenvalue weighted by atomic mass is 19.1. The van der Waals surface area contributed by atoms with Gasteiger partial charge >= 0.3 is 0 Å². The summed E-state index contributed by atoms with van der Waals surface area (Å²) in [5.41, 5.74) is 2.02. The number of fused-ring (bicyclic) bond motifs is 2. The Bertz CT molecular complexity index is 520. The van der Waals surface area contributed by atoms with Crippen LogP contribution in [0, 0.1) is 5.82 Å². The van der Waals surface area contributed by atoms with Crippen LogP contribution in [0.4, 0.5) is 4.39 Å². The van der Waals surface area contributed by atoms with Crippen LogP contribution in [0.15, 0.2) is 42.5 Å². The first-order valence-electron chi connectivity index (χ1n) is 4.87. The van der Waals surface area contributed by atoms with Crippen molar-refractivity contribution < 1.29 is 9.13 Å². The van der Waals surface area contributed by atoms with Gasteiger partial charge in [0.25, 0.3) is 0 Å². The largest absolute Gasteiger partial charge is 0.457 e. The number of ether oxygens (including phenoxy) is 1. The number of hydrogen-bond donors (Lipinski definition) is 0. The van der Waals surface area contributed by atoms with Crippen molar-refractivity contribution in [3.63, 3.8) is 0 Å². The third kappa shape index (κ3) is 1.38. The Kier molecular flexibility index (Phi) is 1.75. The number of para-hydroxylation sites is 1. The molecule has 1 aliphatic rings. The zero-order valence-corrected chi connectivity index (χ0v) is 8.03. The molecule has 0 aliphatic carbocycles. The van der Waals surface area contributed by atoms with Crippen molar-refractivity contribution in [1.29, 1.82) is 0 Å². The third-order valence-corrected chi connectivity index (χ3v) is 2.60. The topological polar surface area (TPSA) is 9.23 Å². The lowest BCUT2D eigenvalue weighted by atomic mass is 10.0. The highest BCUT2D eigenvalue weighted by Crippen LogP contribution is 2.36. The van der Waals surface area contributed by atoms with Gasteiger partial charge in [0, 0.05) is 12.0 Å². The molecule has 0 aromatic heterocycles. The summed E-state index contributed by atoms with van der Waals surface area (Å²) in [6, 6.07) is 12.5. The van der Waals surface area contributed by atoms with Gasteiger partial charge in [-0.25, -0.2) is 4.39 Å². The van der Waals surface area contributed by atoms with Crippen molar-refractivity contribution in [1.82, 2.24) is 0 Å². The minimum atomic E-state index is -0.211. The fourth-order valence-corrected chi connectivity index (χ4v) is 1.86. The predicted octanol–water partition coefficient (Wildman–Crippen LogP) is 3.52. The molecular formula is C13H9FO. The Morgan fingerprint density at radius 3 is 2.67 bits per heavy atom. The Labute approximate surface area is 87.1 Å². The number of halogens is 1. The summed E-state index contributed by atoms with van der Waals surface area (Å²) in [6.45, 7) is 0. The molecule has 74 valence electrons. The van der Waals surface area contributed by atoms with E-state index in [-0.39, 0.29) is 5.82 Å².